The molecule has 1 aromatic carbocycles. The maximum absolute atomic E-state index is 10.4. The van der Waals surface area contributed by atoms with Crippen LogP contribution in [0.5, 0.6) is 5.75 Å². The van der Waals surface area contributed by atoms with Crippen molar-refractivity contribution in [2.75, 3.05) is 45.9 Å². The molecule has 0 fully saturated rings. The summed E-state index contributed by atoms with van der Waals surface area (Å²) in [5.74, 6) is -12.6. The minimum atomic E-state index is -1.18. The summed E-state index contributed by atoms with van der Waals surface area (Å²) in [6, 6.07) is -3.40. The summed E-state index contributed by atoms with van der Waals surface area (Å²) >= 11 is 0. The Kier molecular flexibility index (Phi) is 87.8. The van der Waals surface area contributed by atoms with Gasteiger partial charge >= 0.3 is 71.6 Å². The maximum atomic E-state index is 10.4. The van der Waals surface area contributed by atoms with E-state index < -0.39 is 157 Å². The van der Waals surface area contributed by atoms with E-state index in [2.05, 4.69) is 35.7 Å². The SMILES string of the molecule is CC(C)[C@H](N)C(=O)O.C[C@@H](O)[C@H](N)C(=O)O.NC(=O)CC[C@H](N)C(=O)O.NC(N)=NCCC[C@H](N)C(=O)O.NC(N)=NCCC[C@H](N)C(=O)O.NC(N)=NCCC[C@H](N)C(=O)O.NC(N)=NCCC[C@H](N)C(=O)O.NCC(=O)O.NCCCC[C@H](N)C(=O)O.N[C@@H](CO)C(=O)O.N[C@@H](Cc1ccc(O)cc1)C(=O)O.N[C@@H](Cc1cnc[nH]1)C(=O)O. The largest absolute Gasteiger partial charge is 0.508 e. The number of carboxylic acid groups (broad SMARTS) is 12. The van der Waals surface area contributed by atoms with Crippen LogP contribution in [-0.2, 0) is 75.2 Å². The number of amides is 1. The number of primary amides is 1. The molecule has 0 saturated heterocycles. The van der Waals surface area contributed by atoms with Crippen molar-refractivity contribution in [1.82, 2.24) is 9.97 Å². The lowest BCUT2D eigenvalue weighted by Crippen LogP contribution is -2.39. The molecule has 0 bridgehead atoms. The molecule has 60 N–H and O–H groups in total. The number of benzene rings is 1. The van der Waals surface area contributed by atoms with E-state index in [0.29, 0.717) is 90.5 Å². The molecular formula is C64H132N28O28. The molecule has 0 aliphatic heterocycles. The normalized spacial score (nSPS) is 12.7. The number of aliphatic hydroxyl groups excluding tert-OH is 2. The Morgan fingerprint density at radius 3 is 0.842 bits per heavy atom. The minimum Gasteiger partial charge on any atom is -0.508 e. The number of aliphatic hydroxyl groups is 2. The van der Waals surface area contributed by atoms with E-state index in [1.807, 2.05) is 0 Å². The van der Waals surface area contributed by atoms with Crippen LogP contribution in [0, 0.1) is 5.92 Å². The van der Waals surface area contributed by atoms with E-state index >= 15 is 0 Å². The molecule has 0 aliphatic rings. The second kappa shape index (κ2) is 81.9. The van der Waals surface area contributed by atoms with Crippen LogP contribution in [0.15, 0.2) is 56.8 Å². The highest BCUT2D eigenvalue weighted by molar-refractivity contribution is 5.80. The zero-order chi connectivity index (χ0) is 96.1. The van der Waals surface area contributed by atoms with E-state index in [-0.39, 0.29) is 67.7 Å². The predicted molar refractivity (Wildman–Crippen MR) is 437 cm³/mol. The van der Waals surface area contributed by atoms with Gasteiger partial charge in [0, 0.05) is 50.9 Å². The van der Waals surface area contributed by atoms with Gasteiger partial charge in [0.1, 0.15) is 72.2 Å². The number of H-pyrrole nitrogens is 1. The quantitative estimate of drug-likeness (QED) is 0.0167. The van der Waals surface area contributed by atoms with Crippen LogP contribution in [-0.4, -0.2) is 306 Å². The monoisotopic (exact) mass is 1740 g/mol. The molecule has 56 heteroatoms. The molecule has 2 rings (SSSR count). The molecule has 1 aromatic heterocycles. The third kappa shape index (κ3) is 102. The lowest BCUT2D eigenvalue weighted by Gasteiger charge is -2.07. The van der Waals surface area contributed by atoms with Crippen LogP contribution in [0.1, 0.15) is 115 Å². The average molecular weight is 1740 g/mol. The molecule has 0 radical (unpaired) electrons. The van der Waals surface area contributed by atoms with Crippen molar-refractivity contribution in [1.29, 1.82) is 0 Å². The number of phenols is 1. The smallest absolute Gasteiger partial charge is 0.323 e. The van der Waals surface area contributed by atoms with E-state index in [9.17, 15) is 62.3 Å². The van der Waals surface area contributed by atoms with Crippen LogP contribution in [0.2, 0.25) is 0 Å². The van der Waals surface area contributed by atoms with Gasteiger partial charge < -0.3 is 208 Å². The van der Waals surface area contributed by atoms with Crippen molar-refractivity contribution in [3.8, 4) is 5.75 Å². The number of aromatic nitrogens is 2. The van der Waals surface area contributed by atoms with Gasteiger partial charge in [-0.05, 0) is 114 Å². The van der Waals surface area contributed by atoms with Crippen LogP contribution in [0.3, 0.4) is 0 Å². The molecule has 0 saturated carbocycles. The molecule has 696 valence electrons. The van der Waals surface area contributed by atoms with Gasteiger partial charge in [-0.25, -0.2) is 4.98 Å². The molecule has 0 unspecified atom stereocenters. The third-order valence-corrected chi connectivity index (χ3v) is 13.0. The molecule has 56 nitrogen and oxygen atoms in total. The molecule has 2 aromatic rings. The summed E-state index contributed by atoms with van der Waals surface area (Å²) in [5.41, 5.74) is 113. The van der Waals surface area contributed by atoms with Crippen molar-refractivity contribution in [3.63, 3.8) is 0 Å². The highest BCUT2D eigenvalue weighted by Crippen LogP contribution is 2.11. The number of rotatable bonds is 42. The van der Waals surface area contributed by atoms with Crippen molar-refractivity contribution in [2.24, 2.45) is 152 Å². The minimum absolute atomic E-state index is 0.0129. The first kappa shape index (κ1) is 129. The second-order valence-electron chi connectivity index (χ2n) is 24.2. The number of nitrogens with zero attached hydrogens (tertiary/aromatic N) is 5. The Bertz CT molecular complexity index is 3060. The van der Waals surface area contributed by atoms with Crippen LogP contribution < -0.4 is 126 Å². The van der Waals surface area contributed by atoms with Gasteiger partial charge in [0.25, 0.3) is 0 Å². The molecular weight excluding hydrogens is 1610 g/mol. The zero-order valence-corrected chi connectivity index (χ0v) is 67.0. The van der Waals surface area contributed by atoms with Crippen LogP contribution >= 0.6 is 0 Å². The fraction of sp³-hybridized carbons (Fsp3) is 0.594. The van der Waals surface area contributed by atoms with Gasteiger partial charge in [-0.15, -0.1) is 0 Å². The van der Waals surface area contributed by atoms with Gasteiger partial charge in [0.05, 0.1) is 25.6 Å². The van der Waals surface area contributed by atoms with Crippen molar-refractivity contribution in [2.45, 2.75) is 190 Å². The van der Waals surface area contributed by atoms with Crippen molar-refractivity contribution in [3.05, 3.63) is 48.0 Å². The summed E-state index contributed by atoms with van der Waals surface area (Å²) in [5, 5.41) is 124. The van der Waals surface area contributed by atoms with E-state index in [4.69, 9.17) is 197 Å². The Morgan fingerprint density at radius 2 is 0.658 bits per heavy atom. The predicted octanol–water partition coefficient (Wildman–Crippen LogP) is -12.0. The highest BCUT2D eigenvalue weighted by Gasteiger charge is 2.19. The first-order valence-electron chi connectivity index (χ1n) is 35.2. The fourth-order valence-electron chi connectivity index (χ4n) is 5.89. The number of carbonyl (C=O) groups is 13. The Labute approximate surface area is 689 Å². The first-order chi connectivity index (χ1) is 55.2. The summed E-state index contributed by atoms with van der Waals surface area (Å²) in [4.78, 5) is 152. The number of aromatic amines is 1. The lowest BCUT2D eigenvalue weighted by molar-refractivity contribution is -0.141. The number of carboxylic acids is 12. The summed E-state index contributed by atoms with van der Waals surface area (Å²) in [6.07, 6.45) is 8.74. The number of nitrogens with one attached hydrogen (secondary N) is 1. The lowest BCUT2D eigenvalue weighted by atomic mass is 10.1. The van der Waals surface area contributed by atoms with E-state index in [0.717, 1.165) is 24.1 Å². The molecule has 0 aliphatic carbocycles. The molecule has 12 atom stereocenters. The van der Waals surface area contributed by atoms with Crippen molar-refractivity contribution < 1.29 is 139 Å². The standard InChI is InChI=1S/C9H11NO3.4C6H14N4O2.C6H9N3O2.C6H14N2O2.C5H10N2O3.C5H11NO2.C4H9NO3.C3H7NO3.C2H5NO2/c10-8(9(12)13)5-6-1-3-7(11)4-2-6;4*7-4(5(11)12)2-1-3-10-6(8)9;7-5(6(10)11)1-4-2-8-3-9-4;7-4-2-1-3-5(8)6(9)10;6-3(5(9)10)1-2-4(7)8;1-3(2)4(6)5(7)8;1-2(6)3(5)4(7)8;4-2(1-5)3(6)7;3-1-2(4)5/h1-4,8,11H,5,10H2,(H,12,13);4*4H,1-3,7H2,(H,11,12)(H4,8,9,10);2-3,5H,1,7H2,(H,8,9)(H,10,11);5H,1-4,7-8H2,(H,9,10);3H,1-2,6H2,(H2,7,8)(H,9,10);3-4H,6H2,1-2H3,(H,7,8);2-3,6H,5H2,1H3,(H,7,8);2,5H,1,4H2,(H,6,7);1,3H2,(H,4,5)/t8-;4*4-;2*5-;3-;4-;2-,3+;2-;/m00000000010./s1. The Morgan fingerprint density at radius 1 is 0.383 bits per heavy atom. The molecule has 120 heavy (non-hydrogen) atoms. The number of imidazole rings is 1. The van der Waals surface area contributed by atoms with Crippen LogP contribution in [0.25, 0.3) is 0 Å². The highest BCUT2D eigenvalue weighted by atomic mass is 16.4. The van der Waals surface area contributed by atoms with Gasteiger partial charge in [0.2, 0.25) is 5.91 Å². The summed E-state index contributed by atoms with van der Waals surface area (Å²) < 4.78 is 0. The van der Waals surface area contributed by atoms with E-state index in [1.54, 1.807) is 32.2 Å². The van der Waals surface area contributed by atoms with Gasteiger partial charge in [-0.3, -0.25) is 82.3 Å². The van der Waals surface area contributed by atoms with E-state index in [1.165, 1.54) is 25.4 Å². The number of hydrogen-bond donors (Lipinski definition) is 38. The summed E-state index contributed by atoms with van der Waals surface area (Å²) in [6.45, 7) is 6.39. The number of aliphatic imine (C=N–C) groups is 4. The topological polar surface area (TPSA) is 1180 Å². The first-order valence-corrected chi connectivity index (χ1v) is 35.2. The van der Waals surface area contributed by atoms with Gasteiger partial charge in [-0.1, -0.05) is 32.4 Å². The average Bonchev–Trinajstić information content (AvgIpc) is 1.59. The second-order valence-corrected chi connectivity index (χ2v) is 24.2. The molecule has 1 amide bonds. The number of phenolic OH excluding ortho intramolecular Hbond substituents is 1. The number of carbonyl (C=O) groups excluding carboxylic acids is 1. The fourth-order valence-corrected chi connectivity index (χ4v) is 5.89. The van der Waals surface area contributed by atoms with Crippen LogP contribution in [0.4, 0.5) is 0 Å². The number of unbranched alkanes of at least 4 members (excludes halogenated alkanes) is 1. The number of nitrogens with two attached hydrogens (primary N) is 22. The Hall–Kier alpha value is -12.2. The molecule has 0 spiro atoms. The number of guanidine groups is 4. The zero-order valence-electron chi connectivity index (χ0n) is 67.0. The van der Waals surface area contributed by atoms with Gasteiger partial charge in [0.15, 0.2) is 23.8 Å². The van der Waals surface area contributed by atoms with Gasteiger partial charge in [-0.2, -0.15) is 0 Å². The Balaban J connectivity index is -0.000000138. The summed E-state index contributed by atoms with van der Waals surface area (Å²) in [7, 11) is 0. The number of aliphatic carboxylic acids is 12. The van der Waals surface area contributed by atoms with Crippen molar-refractivity contribution >= 4 is 101 Å². The number of aromatic hydroxyl groups is 1. The number of hydrogen-bond acceptors (Lipinski definition) is 34. The molecule has 1 heterocycles. The maximum Gasteiger partial charge on any atom is 0.323 e. The third-order valence-electron chi connectivity index (χ3n) is 13.0.